The van der Waals surface area contributed by atoms with Crippen molar-refractivity contribution in [3.05, 3.63) is 69.1 Å². The first kappa shape index (κ1) is 18.7. The molecule has 0 N–H and O–H groups in total. The van der Waals surface area contributed by atoms with Crippen LogP contribution in [0.1, 0.15) is 11.3 Å². The Labute approximate surface area is 165 Å². The van der Waals surface area contributed by atoms with Crippen molar-refractivity contribution in [1.29, 1.82) is 0 Å². The quantitative estimate of drug-likeness (QED) is 0.502. The van der Waals surface area contributed by atoms with Gasteiger partial charge in [-0.1, -0.05) is 53.0 Å². The van der Waals surface area contributed by atoms with Gasteiger partial charge in [-0.25, -0.2) is 9.78 Å². The lowest BCUT2D eigenvalue weighted by atomic mass is 10.2. The number of rotatable bonds is 6. The number of aryl methyl sites for hydroxylation is 1. The minimum Gasteiger partial charge on any atom is -0.480 e. The fourth-order valence-corrected chi connectivity index (χ4v) is 3.40. The molecule has 2 aromatic carbocycles. The summed E-state index contributed by atoms with van der Waals surface area (Å²) in [7, 11) is 0. The maximum atomic E-state index is 11.8. The minimum atomic E-state index is -0.499. The summed E-state index contributed by atoms with van der Waals surface area (Å²) in [5.74, 6) is -0.121. The Morgan fingerprint density at radius 1 is 1.15 bits per heavy atom. The molecule has 1 aromatic heterocycles. The van der Waals surface area contributed by atoms with Gasteiger partial charge in [-0.15, -0.1) is 11.3 Å². The van der Waals surface area contributed by atoms with E-state index in [-0.39, 0.29) is 13.2 Å². The molecule has 0 saturated heterocycles. The van der Waals surface area contributed by atoms with Gasteiger partial charge in [0.05, 0.1) is 10.7 Å². The fourth-order valence-electron chi connectivity index (χ4n) is 2.13. The van der Waals surface area contributed by atoms with Crippen molar-refractivity contribution < 1.29 is 14.3 Å². The zero-order chi connectivity index (χ0) is 18.5. The molecule has 134 valence electrons. The summed E-state index contributed by atoms with van der Waals surface area (Å²) >= 11 is 13.3. The van der Waals surface area contributed by atoms with Gasteiger partial charge in [0.25, 0.3) is 0 Å². The Morgan fingerprint density at radius 2 is 1.92 bits per heavy atom. The average Bonchev–Trinajstić information content (AvgIpc) is 3.09. The summed E-state index contributed by atoms with van der Waals surface area (Å²) in [5.41, 5.74) is 2.93. The second-order valence-electron chi connectivity index (χ2n) is 5.53. The highest BCUT2D eigenvalue weighted by Crippen LogP contribution is 2.27. The number of halogens is 2. The van der Waals surface area contributed by atoms with E-state index >= 15 is 0 Å². The van der Waals surface area contributed by atoms with Gasteiger partial charge in [0.2, 0.25) is 0 Å². The normalized spacial score (nSPS) is 10.6. The molecule has 1 heterocycles. The van der Waals surface area contributed by atoms with E-state index in [1.807, 2.05) is 36.6 Å². The Bertz CT molecular complexity index is 909. The molecule has 26 heavy (non-hydrogen) atoms. The Balaban J connectivity index is 1.51. The Morgan fingerprint density at radius 3 is 2.65 bits per heavy atom. The van der Waals surface area contributed by atoms with E-state index < -0.39 is 5.97 Å². The summed E-state index contributed by atoms with van der Waals surface area (Å²) in [6.07, 6.45) is 0. The highest BCUT2D eigenvalue weighted by atomic mass is 35.5. The number of carbonyl (C=O) groups is 1. The second-order valence-corrected chi connectivity index (χ2v) is 7.24. The third kappa shape index (κ3) is 4.97. The van der Waals surface area contributed by atoms with Crippen LogP contribution in [0.4, 0.5) is 0 Å². The standard InChI is InChI=1S/C19H15Cl2NO3S/c1-12-2-4-13(5-3-12)19-22-15(11-26-19)9-25-18(23)10-24-17-7-6-14(20)8-16(17)21/h2-8,11H,9-10H2,1H3. The molecule has 0 spiro atoms. The van der Waals surface area contributed by atoms with E-state index in [2.05, 4.69) is 4.98 Å². The molecular weight excluding hydrogens is 393 g/mol. The Kier molecular flexibility index (Phi) is 6.14. The van der Waals surface area contributed by atoms with Crippen LogP contribution in [0.5, 0.6) is 5.75 Å². The topological polar surface area (TPSA) is 48.4 Å². The number of thiazole rings is 1. The van der Waals surface area contributed by atoms with Gasteiger partial charge in [-0.2, -0.15) is 0 Å². The van der Waals surface area contributed by atoms with Gasteiger partial charge >= 0.3 is 5.97 Å². The van der Waals surface area contributed by atoms with Crippen molar-refractivity contribution >= 4 is 40.5 Å². The average molecular weight is 408 g/mol. The van der Waals surface area contributed by atoms with Crippen LogP contribution in [0, 0.1) is 6.92 Å². The number of ether oxygens (including phenoxy) is 2. The number of hydrogen-bond acceptors (Lipinski definition) is 5. The van der Waals surface area contributed by atoms with Gasteiger partial charge in [0.15, 0.2) is 6.61 Å². The molecule has 0 aliphatic carbocycles. The van der Waals surface area contributed by atoms with Crippen LogP contribution in [0.25, 0.3) is 10.6 Å². The van der Waals surface area contributed by atoms with Crippen LogP contribution in [0.2, 0.25) is 10.0 Å². The third-order valence-corrected chi connectivity index (χ3v) is 4.94. The smallest absolute Gasteiger partial charge is 0.344 e. The van der Waals surface area contributed by atoms with E-state index in [1.165, 1.54) is 16.9 Å². The van der Waals surface area contributed by atoms with E-state index in [4.69, 9.17) is 32.7 Å². The zero-order valence-corrected chi connectivity index (χ0v) is 16.2. The van der Waals surface area contributed by atoms with Crippen molar-refractivity contribution in [2.24, 2.45) is 0 Å². The van der Waals surface area contributed by atoms with Crippen LogP contribution in [0.3, 0.4) is 0 Å². The molecule has 0 atom stereocenters. The maximum absolute atomic E-state index is 11.8. The van der Waals surface area contributed by atoms with Crippen LogP contribution in [-0.4, -0.2) is 17.6 Å². The van der Waals surface area contributed by atoms with E-state index in [9.17, 15) is 4.79 Å². The van der Waals surface area contributed by atoms with Crippen molar-refractivity contribution in [3.8, 4) is 16.3 Å². The maximum Gasteiger partial charge on any atom is 0.344 e. The zero-order valence-electron chi connectivity index (χ0n) is 13.9. The number of carbonyl (C=O) groups excluding carboxylic acids is 1. The first-order valence-corrected chi connectivity index (χ1v) is 9.40. The van der Waals surface area contributed by atoms with E-state index in [0.717, 1.165) is 10.6 Å². The van der Waals surface area contributed by atoms with Crippen molar-refractivity contribution in [1.82, 2.24) is 4.98 Å². The third-order valence-electron chi connectivity index (χ3n) is 3.47. The molecule has 0 fully saturated rings. The molecule has 0 amide bonds. The molecule has 0 radical (unpaired) electrons. The molecular formula is C19H15Cl2NO3S. The van der Waals surface area contributed by atoms with Gasteiger partial charge in [0, 0.05) is 16.0 Å². The number of benzene rings is 2. The SMILES string of the molecule is Cc1ccc(-c2nc(COC(=O)COc3ccc(Cl)cc3Cl)cs2)cc1. The van der Waals surface area contributed by atoms with Gasteiger partial charge in [-0.3, -0.25) is 0 Å². The first-order valence-electron chi connectivity index (χ1n) is 7.76. The highest BCUT2D eigenvalue weighted by Gasteiger charge is 2.10. The lowest BCUT2D eigenvalue weighted by Crippen LogP contribution is -2.15. The van der Waals surface area contributed by atoms with Crippen LogP contribution in [0.15, 0.2) is 47.8 Å². The molecule has 0 aliphatic rings. The van der Waals surface area contributed by atoms with E-state index in [1.54, 1.807) is 18.2 Å². The molecule has 4 nitrogen and oxygen atoms in total. The molecule has 0 saturated carbocycles. The molecule has 0 unspecified atom stereocenters. The predicted octanol–water partition coefficient (Wildman–Crippen LogP) is 5.55. The largest absolute Gasteiger partial charge is 0.480 e. The predicted molar refractivity (Wildman–Crippen MR) is 104 cm³/mol. The van der Waals surface area contributed by atoms with Crippen LogP contribution in [-0.2, 0) is 16.1 Å². The summed E-state index contributed by atoms with van der Waals surface area (Å²) in [6, 6.07) is 12.9. The fraction of sp³-hybridized carbons (Fsp3) is 0.158. The van der Waals surface area contributed by atoms with E-state index in [0.29, 0.717) is 21.5 Å². The van der Waals surface area contributed by atoms with Gasteiger partial charge in [-0.05, 0) is 25.1 Å². The minimum absolute atomic E-state index is 0.0961. The van der Waals surface area contributed by atoms with Crippen LogP contribution < -0.4 is 4.74 Å². The van der Waals surface area contributed by atoms with Crippen molar-refractivity contribution in [3.63, 3.8) is 0 Å². The van der Waals surface area contributed by atoms with Crippen LogP contribution >= 0.6 is 34.5 Å². The van der Waals surface area contributed by atoms with Gasteiger partial charge < -0.3 is 9.47 Å². The number of esters is 1. The number of nitrogens with zero attached hydrogens (tertiary/aromatic N) is 1. The summed E-state index contributed by atoms with van der Waals surface area (Å²) in [5, 5.41) is 3.60. The first-order chi connectivity index (χ1) is 12.5. The summed E-state index contributed by atoms with van der Waals surface area (Å²) in [6.45, 7) is 1.89. The monoisotopic (exact) mass is 407 g/mol. The Hall–Kier alpha value is -2.08. The molecule has 0 aliphatic heterocycles. The lowest BCUT2D eigenvalue weighted by Gasteiger charge is -2.08. The highest BCUT2D eigenvalue weighted by molar-refractivity contribution is 7.13. The summed E-state index contributed by atoms with van der Waals surface area (Å²) < 4.78 is 10.5. The number of aromatic nitrogens is 1. The number of hydrogen-bond donors (Lipinski definition) is 0. The van der Waals surface area contributed by atoms with Crippen molar-refractivity contribution in [2.75, 3.05) is 6.61 Å². The second kappa shape index (κ2) is 8.54. The molecule has 0 bridgehead atoms. The van der Waals surface area contributed by atoms with Gasteiger partial charge in [0.1, 0.15) is 17.4 Å². The molecule has 7 heteroatoms. The molecule has 3 rings (SSSR count). The van der Waals surface area contributed by atoms with Crippen molar-refractivity contribution in [2.45, 2.75) is 13.5 Å². The molecule has 3 aromatic rings. The lowest BCUT2D eigenvalue weighted by molar-refractivity contribution is -0.147. The summed E-state index contributed by atoms with van der Waals surface area (Å²) in [4.78, 5) is 16.3.